The van der Waals surface area contributed by atoms with E-state index in [4.69, 9.17) is 13.9 Å². The number of hydrogen-bond donors (Lipinski definition) is 1. The van der Waals surface area contributed by atoms with Crippen LogP contribution in [-0.4, -0.2) is 38.2 Å². The predicted octanol–water partition coefficient (Wildman–Crippen LogP) is 3.38. The Bertz CT molecular complexity index is 960. The number of piperidine rings is 1. The van der Waals surface area contributed by atoms with Crippen LogP contribution in [0.2, 0.25) is 0 Å². The normalized spacial score (nSPS) is 14.8. The summed E-state index contributed by atoms with van der Waals surface area (Å²) in [7, 11) is 3.21. The molecule has 1 fully saturated rings. The van der Waals surface area contributed by atoms with Crippen molar-refractivity contribution in [3.8, 4) is 11.5 Å². The summed E-state index contributed by atoms with van der Waals surface area (Å²) in [5, 5.41) is 3.04. The molecule has 0 bridgehead atoms. The summed E-state index contributed by atoms with van der Waals surface area (Å²) in [5.74, 6) is 1.41. The van der Waals surface area contributed by atoms with Crippen molar-refractivity contribution >= 4 is 23.0 Å². The number of benzene rings is 2. The number of nitrogens with one attached hydrogen (secondary N) is 1. The molecule has 0 radical (unpaired) electrons. The summed E-state index contributed by atoms with van der Waals surface area (Å²) in [4.78, 5) is 19.3. The minimum Gasteiger partial charge on any atom is -0.493 e. The third kappa shape index (κ3) is 4.13. The average molecular weight is 395 g/mol. The number of oxazole rings is 1. The van der Waals surface area contributed by atoms with Crippen LogP contribution in [-0.2, 0) is 11.3 Å². The molecule has 2 aromatic carbocycles. The standard InChI is InChI=1S/C22H25N3O4/c1-27-19-8-7-15(13-20(19)28-2)14-23-21(26)16-9-11-25(12-10-16)22-24-17-5-3-4-6-18(17)29-22/h3-8,13,16H,9-12,14H2,1-2H3,(H,23,26). The highest BCUT2D eigenvalue weighted by molar-refractivity contribution is 5.79. The summed E-state index contributed by atoms with van der Waals surface area (Å²) in [6, 6.07) is 14.0. The van der Waals surface area contributed by atoms with Gasteiger partial charge in [-0.1, -0.05) is 18.2 Å². The van der Waals surface area contributed by atoms with Gasteiger partial charge >= 0.3 is 0 Å². The van der Waals surface area contributed by atoms with Crippen molar-refractivity contribution in [1.29, 1.82) is 0 Å². The van der Waals surface area contributed by atoms with Crippen molar-refractivity contribution in [3.63, 3.8) is 0 Å². The van der Waals surface area contributed by atoms with Crippen molar-refractivity contribution in [3.05, 3.63) is 48.0 Å². The van der Waals surface area contributed by atoms with Crippen LogP contribution in [0.1, 0.15) is 18.4 Å². The van der Waals surface area contributed by atoms with Crippen LogP contribution >= 0.6 is 0 Å². The summed E-state index contributed by atoms with van der Waals surface area (Å²) < 4.78 is 16.4. The monoisotopic (exact) mass is 395 g/mol. The maximum absolute atomic E-state index is 12.6. The van der Waals surface area contributed by atoms with Crippen LogP contribution in [0.3, 0.4) is 0 Å². The van der Waals surface area contributed by atoms with Crippen LogP contribution in [0.5, 0.6) is 11.5 Å². The van der Waals surface area contributed by atoms with E-state index in [1.165, 1.54) is 0 Å². The second-order valence-electron chi connectivity index (χ2n) is 7.13. The van der Waals surface area contributed by atoms with Crippen molar-refractivity contribution in [1.82, 2.24) is 10.3 Å². The zero-order valence-electron chi connectivity index (χ0n) is 16.7. The van der Waals surface area contributed by atoms with Crippen LogP contribution in [0.25, 0.3) is 11.1 Å². The SMILES string of the molecule is COc1ccc(CNC(=O)C2CCN(c3nc4ccccc4o3)CC2)cc1OC. The van der Waals surface area contributed by atoms with Gasteiger partial charge in [0.15, 0.2) is 17.1 Å². The number of para-hydroxylation sites is 2. The number of ether oxygens (including phenoxy) is 2. The topological polar surface area (TPSA) is 76.8 Å². The molecule has 1 aliphatic heterocycles. The molecular formula is C22H25N3O4. The molecule has 1 N–H and O–H groups in total. The third-order valence-electron chi connectivity index (χ3n) is 5.33. The van der Waals surface area contributed by atoms with Gasteiger partial charge in [-0.15, -0.1) is 0 Å². The van der Waals surface area contributed by atoms with Crippen LogP contribution in [0, 0.1) is 5.92 Å². The Balaban J connectivity index is 1.31. The van der Waals surface area contributed by atoms with Gasteiger partial charge in [-0.05, 0) is 42.7 Å². The Hall–Kier alpha value is -3.22. The van der Waals surface area contributed by atoms with E-state index in [2.05, 4.69) is 15.2 Å². The highest BCUT2D eigenvalue weighted by atomic mass is 16.5. The fourth-order valence-electron chi connectivity index (χ4n) is 3.65. The molecule has 2 heterocycles. The van der Waals surface area contributed by atoms with Crippen molar-refractivity contribution < 1.29 is 18.7 Å². The number of fused-ring (bicyclic) bond motifs is 1. The number of anilines is 1. The molecule has 0 aliphatic carbocycles. The van der Waals surface area contributed by atoms with E-state index in [-0.39, 0.29) is 11.8 Å². The van der Waals surface area contributed by atoms with E-state index in [0.717, 1.165) is 42.6 Å². The first-order valence-corrected chi connectivity index (χ1v) is 9.77. The molecule has 7 nitrogen and oxygen atoms in total. The fourth-order valence-corrected chi connectivity index (χ4v) is 3.65. The minimum atomic E-state index is -0.00391. The number of aromatic nitrogens is 1. The fraction of sp³-hybridized carbons (Fsp3) is 0.364. The van der Waals surface area contributed by atoms with E-state index in [9.17, 15) is 4.79 Å². The summed E-state index contributed by atoms with van der Waals surface area (Å²) in [6.07, 6.45) is 1.55. The smallest absolute Gasteiger partial charge is 0.298 e. The second-order valence-corrected chi connectivity index (χ2v) is 7.13. The first kappa shape index (κ1) is 19.1. The number of methoxy groups -OCH3 is 2. The van der Waals surface area contributed by atoms with E-state index in [0.29, 0.717) is 24.1 Å². The Kier molecular flexibility index (Phi) is 5.55. The lowest BCUT2D eigenvalue weighted by molar-refractivity contribution is -0.125. The van der Waals surface area contributed by atoms with Gasteiger partial charge in [0.25, 0.3) is 6.01 Å². The van der Waals surface area contributed by atoms with Crippen molar-refractivity contribution in [2.45, 2.75) is 19.4 Å². The number of carbonyl (C=O) groups excluding carboxylic acids is 1. The molecule has 1 saturated heterocycles. The number of hydrogen-bond acceptors (Lipinski definition) is 6. The zero-order valence-corrected chi connectivity index (χ0v) is 16.7. The molecule has 1 aromatic heterocycles. The van der Waals surface area contributed by atoms with Crippen molar-refractivity contribution in [2.75, 3.05) is 32.2 Å². The highest BCUT2D eigenvalue weighted by Gasteiger charge is 2.27. The van der Waals surface area contributed by atoms with Gasteiger partial charge < -0.3 is 24.1 Å². The quantitative estimate of drug-likeness (QED) is 0.690. The molecule has 0 atom stereocenters. The molecule has 0 spiro atoms. The summed E-state index contributed by atoms with van der Waals surface area (Å²) in [5.41, 5.74) is 2.62. The zero-order chi connectivity index (χ0) is 20.2. The first-order valence-electron chi connectivity index (χ1n) is 9.77. The average Bonchev–Trinajstić information content (AvgIpc) is 3.21. The van der Waals surface area contributed by atoms with Gasteiger partial charge in [-0.3, -0.25) is 4.79 Å². The lowest BCUT2D eigenvalue weighted by Crippen LogP contribution is -2.40. The molecule has 7 heteroatoms. The Morgan fingerprint density at radius 3 is 2.62 bits per heavy atom. The van der Waals surface area contributed by atoms with E-state index < -0.39 is 0 Å². The molecule has 0 saturated carbocycles. The predicted molar refractivity (Wildman–Crippen MR) is 110 cm³/mol. The Morgan fingerprint density at radius 1 is 1.14 bits per heavy atom. The van der Waals surface area contributed by atoms with Gasteiger partial charge in [-0.2, -0.15) is 4.98 Å². The first-order chi connectivity index (χ1) is 14.2. The highest BCUT2D eigenvalue weighted by Crippen LogP contribution is 2.28. The van der Waals surface area contributed by atoms with E-state index in [1.54, 1.807) is 14.2 Å². The van der Waals surface area contributed by atoms with Gasteiger partial charge in [0.05, 0.1) is 14.2 Å². The molecule has 29 heavy (non-hydrogen) atoms. The minimum absolute atomic E-state index is 0.00391. The van der Waals surface area contributed by atoms with E-state index >= 15 is 0 Å². The molecule has 4 rings (SSSR count). The van der Waals surface area contributed by atoms with Crippen LogP contribution in [0.4, 0.5) is 6.01 Å². The number of nitrogens with zero attached hydrogens (tertiary/aromatic N) is 2. The molecule has 1 amide bonds. The maximum Gasteiger partial charge on any atom is 0.298 e. The number of amides is 1. The third-order valence-corrected chi connectivity index (χ3v) is 5.33. The van der Waals surface area contributed by atoms with Gasteiger partial charge in [0.1, 0.15) is 5.52 Å². The lowest BCUT2D eigenvalue weighted by atomic mass is 9.96. The number of carbonyl (C=O) groups is 1. The lowest BCUT2D eigenvalue weighted by Gasteiger charge is -2.30. The molecular weight excluding hydrogens is 370 g/mol. The van der Waals surface area contributed by atoms with Gasteiger partial charge in [0.2, 0.25) is 5.91 Å². The Morgan fingerprint density at radius 2 is 1.90 bits per heavy atom. The van der Waals surface area contributed by atoms with E-state index in [1.807, 2.05) is 42.5 Å². The molecule has 1 aliphatic rings. The van der Waals surface area contributed by atoms with Gasteiger partial charge in [-0.25, -0.2) is 0 Å². The van der Waals surface area contributed by atoms with Crippen LogP contribution in [0.15, 0.2) is 46.9 Å². The molecule has 0 unspecified atom stereocenters. The van der Waals surface area contributed by atoms with Crippen LogP contribution < -0.4 is 19.7 Å². The molecule has 152 valence electrons. The largest absolute Gasteiger partial charge is 0.493 e. The second kappa shape index (κ2) is 8.43. The van der Waals surface area contributed by atoms with Crippen molar-refractivity contribution in [2.24, 2.45) is 5.92 Å². The number of rotatable bonds is 6. The summed E-state index contributed by atoms with van der Waals surface area (Å²) in [6.45, 7) is 1.97. The maximum atomic E-state index is 12.6. The Labute approximate surface area is 169 Å². The molecule has 3 aromatic rings. The van der Waals surface area contributed by atoms with Gasteiger partial charge in [0, 0.05) is 25.6 Å². The summed E-state index contributed by atoms with van der Waals surface area (Å²) >= 11 is 0.